The number of carbonyl (C=O) groups excluding carboxylic acids is 1. The topological polar surface area (TPSA) is 80.0 Å². The van der Waals surface area contributed by atoms with Crippen molar-refractivity contribution < 1.29 is 9.90 Å². The Morgan fingerprint density at radius 2 is 2.18 bits per heavy atom. The standard InChI is InChI=1S/C16H22N4O2/c1-12-5-4-6-13(9-12)20-10-14(18-19-20)15(22)17-11-16(2,3)7-8-21/h4-6,9-10,21H,7-8,11H2,1-3H3,(H,17,22). The summed E-state index contributed by atoms with van der Waals surface area (Å²) in [4.78, 5) is 12.1. The highest BCUT2D eigenvalue weighted by Gasteiger charge is 2.19. The van der Waals surface area contributed by atoms with Crippen LogP contribution in [0.4, 0.5) is 0 Å². The highest BCUT2D eigenvalue weighted by atomic mass is 16.3. The molecule has 0 saturated carbocycles. The van der Waals surface area contributed by atoms with Crippen LogP contribution in [0.3, 0.4) is 0 Å². The summed E-state index contributed by atoms with van der Waals surface area (Å²) in [6.45, 7) is 6.56. The summed E-state index contributed by atoms with van der Waals surface area (Å²) in [6.07, 6.45) is 2.24. The van der Waals surface area contributed by atoms with Crippen LogP contribution in [-0.4, -0.2) is 39.2 Å². The van der Waals surface area contributed by atoms with Crippen LogP contribution in [0.2, 0.25) is 0 Å². The average Bonchev–Trinajstić information content (AvgIpc) is 2.95. The molecule has 6 nitrogen and oxygen atoms in total. The van der Waals surface area contributed by atoms with E-state index in [9.17, 15) is 4.79 Å². The van der Waals surface area contributed by atoms with E-state index in [1.807, 2.05) is 45.0 Å². The van der Waals surface area contributed by atoms with Crippen molar-refractivity contribution in [1.82, 2.24) is 20.3 Å². The third-order valence-electron chi connectivity index (χ3n) is 3.51. The van der Waals surface area contributed by atoms with Crippen LogP contribution in [0.15, 0.2) is 30.5 Å². The lowest BCUT2D eigenvalue weighted by Gasteiger charge is -2.23. The van der Waals surface area contributed by atoms with E-state index in [0.29, 0.717) is 13.0 Å². The lowest BCUT2D eigenvalue weighted by Crippen LogP contribution is -2.34. The molecule has 22 heavy (non-hydrogen) atoms. The number of hydrogen-bond donors (Lipinski definition) is 2. The maximum absolute atomic E-state index is 12.1. The van der Waals surface area contributed by atoms with Gasteiger partial charge in [0.05, 0.1) is 11.9 Å². The van der Waals surface area contributed by atoms with Crippen molar-refractivity contribution in [3.8, 4) is 5.69 Å². The average molecular weight is 302 g/mol. The van der Waals surface area contributed by atoms with Crippen LogP contribution in [0.1, 0.15) is 36.3 Å². The summed E-state index contributed by atoms with van der Waals surface area (Å²) in [6, 6.07) is 7.81. The first-order valence-corrected chi connectivity index (χ1v) is 7.30. The van der Waals surface area contributed by atoms with Gasteiger partial charge in [0.1, 0.15) is 0 Å². The molecule has 0 atom stereocenters. The number of aliphatic hydroxyl groups excluding tert-OH is 1. The molecule has 1 aromatic heterocycles. The van der Waals surface area contributed by atoms with E-state index in [4.69, 9.17) is 5.11 Å². The third kappa shape index (κ3) is 4.14. The number of aryl methyl sites for hydroxylation is 1. The Hall–Kier alpha value is -2.21. The SMILES string of the molecule is Cc1cccc(-n2cc(C(=O)NCC(C)(C)CCO)nn2)c1. The van der Waals surface area contributed by atoms with Gasteiger partial charge in [0, 0.05) is 13.2 Å². The molecule has 1 heterocycles. The molecule has 0 saturated heterocycles. The summed E-state index contributed by atoms with van der Waals surface area (Å²) in [5.41, 5.74) is 2.11. The van der Waals surface area contributed by atoms with Gasteiger partial charge in [-0.2, -0.15) is 0 Å². The van der Waals surface area contributed by atoms with Gasteiger partial charge in [-0.15, -0.1) is 5.10 Å². The smallest absolute Gasteiger partial charge is 0.273 e. The fourth-order valence-corrected chi connectivity index (χ4v) is 2.07. The molecule has 0 aliphatic rings. The molecule has 1 amide bonds. The molecule has 0 unspecified atom stereocenters. The van der Waals surface area contributed by atoms with Crippen molar-refractivity contribution in [1.29, 1.82) is 0 Å². The van der Waals surface area contributed by atoms with Crippen molar-refractivity contribution in [3.05, 3.63) is 41.7 Å². The molecule has 118 valence electrons. The second-order valence-electron chi connectivity index (χ2n) is 6.21. The molecule has 2 N–H and O–H groups in total. The number of nitrogens with one attached hydrogen (secondary N) is 1. The first-order chi connectivity index (χ1) is 10.4. The summed E-state index contributed by atoms with van der Waals surface area (Å²) in [7, 11) is 0. The van der Waals surface area contributed by atoms with Crippen LogP contribution in [0.25, 0.3) is 5.69 Å². The Kier molecular flexibility index (Phi) is 4.92. The Labute approximate surface area is 130 Å². The molecule has 0 spiro atoms. The van der Waals surface area contributed by atoms with Gasteiger partial charge in [0.15, 0.2) is 5.69 Å². The van der Waals surface area contributed by atoms with E-state index < -0.39 is 0 Å². The maximum Gasteiger partial charge on any atom is 0.273 e. The molecular weight excluding hydrogens is 280 g/mol. The Balaban J connectivity index is 2.03. The van der Waals surface area contributed by atoms with Crippen LogP contribution < -0.4 is 5.32 Å². The quantitative estimate of drug-likeness (QED) is 0.851. The molecule has 0 aliphatic heterocycles. The van der Waals surface area contributed by atoms with E-state index in [1.54, 1.807) is 10.9 Å². The Morgan fingerprint density at radius 1 is 1.41 bits per heavy atom. The van der Waals surface area contributed by atoms with Crippen molar-refractivity contribution in [2.75, 3.05) is 13.2 Å². The van der Waals surface area contributed by atoms with Crippen molar-refractivity contribution in [2.45, 2.75) is 27.2 Å². The molecule has 0 aliphatic carbocycles. The minimum absolute atomic E-state index is 0.104. The van der Waals surface area contributed by atoms with Crippen LogP contribution in [-0.2, 0) is 0 Å². The van der Waals surface area contributed by atoms with Crippen molar-refractivity contribution in [2.24, 2.45) is 5.41 Å². The summed E-state index contributed by atoms with van der Waals surface area (Å²) < 4.78 is 1.58. The summed E-state index contributed by atoms with van der Waals surface area (Å²) >= 11 is 0. The molecule has 0 bridgehead atoms. The Bertz CT molecular complexity index is 649. The van der Waals surface area contributed by atoms with Gasteiger partial charge in [0.2, 0.25) is 0 Å². The van der Waals surface area contributed by atoms with E-state index in [2.05, 4.69) is 15.6 Å². The number of carbonyl (C=O) groups is 1. The lowest BCUT2D eigenvalue weighted by atomic mass is 9.90. The van der Waals surface area contributed by atoms with Gasteiger partial charge in [-0.1, -0.05) is 31.2 Å². The number of aliphatic hydroxyl groups is 1. The highest BCUT2D eigenvalue weighted by Crippen LogP contribution is 2.18. The van der Waals surface area contributed by atoms with Crippen LogP contribution >= 0.6 is 0 Å². The molecular formula is C16H22N4O2. The fraction of sp³-hybridized carbons (Fsp3) is 0.438. The van der Waals surface area contributed by atoms with Crippen LogP contribution in [0.5, 0.6) is 0 Å². The van der Waals surface area contributed by atoms with Crippen molar-refractivity contribution in [3.63, 3.8) is 0 Å². The zero-order valence-electron chi connectivity index (χ0n) is 13.2. The second-order valence-corrected chi connectivity index (χ2v) is 6.21. The largest absolute Gasteiger partial charge is 0.396 e. The monoisotopic (exact) mass is 302 g/mol. The number of nitrogens with zero attached hydrogens (tertiary/aromatic N) is 3. The van der Waals surface area contributed by atoms with Gasteiger partial charge in [0.25, 0.3) is 5.91 Å². The highest BCUT2D eigenvalue weighted by molar-refractivity contribution is 5.91. The molecule has 0 fully saturated rings. The number of amides is 1. The zero-order valence-corrected chi connectivity index (χ0v) is 13.2. The van der Waals surface area contributed by atoms with Gasteiger partial charge in [-0.25, -0.2) is 4.68 Å². The van der Waals surface area contributed by atoms with E-state index in [0.717, 1.165) is 11.3 Å². The summed E-state index contributed by atoms with van der Waals surface area (Å²) in [5.74, 6) is -0.259. The zero-order chi connectivity index (χ0) is 16.2. The first kappa shape index (κ1) is 16.2. The number of aromatic nitrogens is 3. The minimum Gasteiger partial charge on any atom is -0.396 e. The second kappa shape index (κ2) is 6.70. The predicted octanol–water partition coefficient (Wildman–Crippen LogP) is 1.71. The van der Waals surface area contributed by atoms with E-state index in [-0.39, 0.29) is 23.6 Å². The fourth-order valence-electron chi connectivity index (χ4n) is 2.07. The molecule has 2 aromatic rings. The number of hydrogen-bond acceptors (Lipinski definition) is 4. The summed E-state index contributed by atoms with van der Waals surface area (Å²) in [5, 5.41) is 19.7. The normalized spacial score (nSPS) is 11.5. The van der Waals surface area contributed by atoms with Gasteiger partial charge in [-0.05, 0) is 36.5 Å². The maximum atomic E-state index is 12.1. The van der Waals surface area contributed by atoms with E-state index in [1.165, 1.54) is 0 Å². The molecule has 6 heteroatoms. The number of benzene rings is 1. The van der Waals surface area contributed by atoms with E-state index >= 15 is 0 Å². The molecule has 2 rings (SSSR count). The van der Waals surface area contributed by atoms with Crippen LogP contribution in [0, 0.1) is 12.3 Å². The first-order valence-electron chi connectivity index (χ1n) is 7.30. The Morgan fingerprint density at radius 3 is 2.86 bits per heavy atom. The van der Waals surface area contributed by atoms with Gasteiger partial charge >= 0.3 is 0 Å². The van der Waals surface area contributed by atoms with Gasteiger partial charge in [-0.3, -0.25) is 4.79 Å². The minimum atomic E-state index is -0.259. The van der Waals surface area contributed by atoms with Gasteiger partial charge < -0.3 is 10.4 Å². The third-order valence-corrected chi connectivity index (χ3v) is 3.51. The number of rotatable bonds is 6. The molecule has 0 radical (unpaired) electrons. The lowest BCUT2D eigenvalue weighted by molar-refractivity contribution is 0.0923. The predicted molar refractivity (Wildman–Crippen MR) is 83.9 cm³/mol. The molecule has 1 aromatic carbocycles. The van der Waals surface area contributed by atoms with Crippen molar-refractivity contribution >= 4 is 5.91 Å².